The predicted molar refractivity (Wildman–Crippen MR) is 45.8 cm³/mol. The molecule has 0 unspecified atom stereocenters. The van der Waals surface area contributed by atoms with E-state index in [1.165, 1.54) is 6.33 Å². The molecule has 3 N–H and O–H groups in total. The number of aromatic nitrogens is 2. The average molecular weight is 234 g/mol. The van der Waals surface area contributed by atoms with Crippen molar-refractivity contribution in [1.82, 2.24) is 14.3 Å². The fourth-order valence-electron chi connectivity index (χ4n) is 0.789. The molecule has 6 heteroatoms. The van der Waals surface area contributed by atoms with Gasteiger partial charge in [0, 0.05) is 34.5 Å². The molecule has 0 radical (unpaired) electrons. The molecule has 66 valence electrons. The van der Waals surface area contributed by atoms with Crippen LogP contribution in [-0.4, -0.2) is 27.1 Å². The highest BCUT2D eigenvalue weighted by Crippen LogP contribution is 1.99. The van der Waals surface area contributed by atoms with Gasteiger partial charge in [0.1, 0.15) is 6.04 Å². The second kappa shape index (κ2) is 4.22. The number of carbonyl (C=O) groups is 1. The van der Waals surface area contributed by atoms with Crippen LogP contribution in [0.1, 0.15) is 5.69 Å². The SMILES string of the molecule is O=C(O)[C@H](Cc1cnc[nH]1)NBr. The van der Waals surface area contributed by atoms with Crippen LogP contribution in [0.2, 0.25) is 0 Å². The molecule has 0 spiro atoms. The highest BCUT2D eigenvalue weighted by atomic mass is 79.9. The minimum absolute atomic E-state index is 0.376. The summed E-state index contributed by atoms with van der Waals surface area (Å²) in [5, 5.41) is 8.65. The summed E-state index contributed by atoms with van der Waals surface area (Å²) in [7, 11) is 0. The van der Waals surface area contributed by atoms with E-state index >= 15 is 0 Å². The number of aromatic amines is 1. The van der Waals surface area contributed by atoms with E-state index in [-0.39, 0.29) is 0 Å². The molecule has 1 atom stereocenters. The number of H-pyrrole nitrogens is 1. The van der Waals surface area contributed by atoms with E-state index in [0.717, 1.165) is 5.69 Å². The maximum absolute atomic E-state index is 10.5. The molecule has 1 rings (SSSR count). The van der Waals surface area contributed by atoms with Crippen LogP contribution in [0.25, 0.3) is 0 Å². The highest BCUT2D eigenvalue weighted by molar-refractivity contribution is 9.08. The van der Waals surface area contributed by atoms with Crippen molar-refractivity contribution in [2.75, 3.05) is 0 Å². The number of aliphatic carboxylic acids is 1. The summed E-state index contributed by atoms with van der Waals surface area (Å²) in [5.41, 5.74) is 0.786. The summed E-state index contributed by atoms with van der Waals surface area (Å²) in [4.78, 5) is 17.1. The van der Waals surface area contributed by atoms with E-state index in [9.17, 15) is 4.79 Å². The Morgan fingerprint density at radius 3 is 3.08 bits per heavy atom. The number of carboxylic acids is 1. The molecule has 0 amide bonds. The number of imidazole rings is 1. The molecular weight excluding hydrogens is 226 g/mol. The molecular formula is C6H8BrN3O2. The summed E-state index contributed by atoms with van der Waals surface area (Å²) >= 11 is 2.90. The number of rotatable bonds is 4. The molecule has 0 saturated heterocycles. The van der Waals surface area contributed by atoms with E-state index in [1.54, 1.807) is 6.20 Å². The maximum Gasteiger partial charge on any atom is 0.321 e. The quantitative estimate of drug-likeness (QED) is 0.655. The van der Waals surface area contributed by atoms with Crippen LogP contribution >= 0.6 is 16.1 Å². The lowest BCUT2D eigenvalue weighted by Crippen LogP contribution is -2.32. The molecule has 1 heterocycles. The van der Waals surface area contributed by atoms with Crippen molar-refractivity contribution in [3.05, 3.63) is 18.2 Å². The first-order valence-corrected chi connectivity index (χ1v) is 4.09. The largest absolute Gasteiger partial charge is 0.480 e. The minimum Gasteiger partial charge on any atom is -0.480 e. The number of hydrogen-bond donors (Lipinski definition) is 3. The lowest BCUT2D eigenvalue weighted by atomic mass is 10.2. The van der Waals surface area contributed by atoms with Gasteiger partial charge in [-0.05, 0) is 0 Å². The van der Waals surface area contributed by atoms with Gasteiger partial charge in [0.15, 0.2) is 0 Å². The van der Waals surface area contributed by atoms with Gasteiger partial charge in [-0.25, -0.2) is 9.33 Å². The smallest absolute Gasteiger partial charge is 0.321 e. The first-order valence-electron chi connectivity index (χ1n) is 3.30. The van der Waals surface area contributed by atoms with Gasteiger partial charge in [-0.1, -0.05) is 0 Å². The Morgan fingerprint density at radius 2 is 2.67 bits per heavy atom. The van der Waals surface area contributed by atoms with E-state index in [2.05, 4.69) is 30.5 Å². The van der Waals surface area contributed by atoms with Crippen molar-refractivity contribution >= 4 is 22.1 Å². The topological polar surface area (TPSA) is 78.0 Å². The Balaban J connectivity index is 2.54. The van der Waals surface area contributed by atoms with E-state index < -0.39 is 12.0 Å². The number of nitrogens with one attached hydrogen (secondary N) is 2. The third-order valence-electron chi connectivity index (χ3n) is 1.41. The van der Waals surface area contributed by atoms with Crippen LogP contribution < -0.4 is 4.34 Å². The summed E-state index contributed by atoms with van der Waals surface area (Å²) in [6.07, 6.45) is 3.49. The van der Waals surface area contributed by atoms with Crippen LogP contribution in [0.4, 0.5) is 0 Å². The summed E-state index contributed by atoms with van der Waals surface area (Å²) in [5.74, 6) is -0.901. The molecule has 0 aliphatic carbocycles. The van der Waals surface area contributed by atoms with Gasteiger partial charge in [-0.3, -0.25) is 4.79 Å². The number of carboxylic acid groups (broad SMARTS) is 1. The van der Waals surface area contributed by atoms with Crippen molar-refractivity contribution in [3.8, 4) is 0 Å². The highest BCUT2D eigenvalue weighted by Gasteiger charge is 2.16. The third-order valence-corrected chi connectivity index (χ3v) is 1.96. The van der Waals surface area contributed by atoms with Gasteiger partial charge in [0.25, 0.3) is 0 Å². The molecule has 0 aromatic carbocycles. The molecule has 0 bridgehead atoms. The van der Waals surface area contributed by atoms with Gasteiger partial charge in [0.05, 0.1) is 6.33 Å². The summed E-state index contributed by atoms with van der Waals surface area (Å²) < 4.78 is 2.50. The normalized spacial score (nSPS) is 12.8. The Morgan fingerprint density at radius 1 is 1.92 bits per heavy atom. The second-order valence-electron chi connectivity index (χ2n) is 2.28. The Bertz CT molecular complexity index is 249. The Hall–Kier alpha value is -0.880. The summed E-state index contributed by atoms with van der Waals surface area (Å²) in [6, 6.07) is -0.634. The predicted octanol–water partition coefficient (Wildman–Crippen LogP) is 0.305. The molecule has 5 nitrogen and oxygen atoms in total. The van der Waals surface area contributed by atoms with Crippen LogP contribution in [0.15, 0.2) is 12.5 Å². The van der Waals surface area contributed by atoms with Gasteiger partial charge >= 0.3 is 5.97 Å². The third kappa shape index (κ3) is 2.31. The Labute approximate surface area is 77.5 Å². The molecule has 0 aliphatic heterocycles. The van der Waals surface area contributed by atoms with Gasteiger partial charge in [-0.15, -0.1) is 0 Å². The number of hydrogen-bond acceptors (Lipinski definition) is 3. The standard InChI is InChI=1S/C6H8BrN3O2/c7-10-5(6(11)12)1-4-2-8-3-9-4/h2-3,5,10H,1H2,(H,8,9)(H,11,12)/t5-/m0/s1. The van der Waals surface area contributed by atoms with Crippen LogP contribution in [-0.2, 0) is 11.2 Å². The first-order chi connectivity index (χ1) is 5.74. The zero-order valence-electron chi connectivity index (χ0n) is 6.12. The molecule has 0 aliphatic rings. The fraction of sp³-hybridized carbons (Fsp3) is 0.333. The zero-order chi connectivity index (χ0) is 8.97. The zero-order valence-corrected chi connectivity index (χ0v) is 7.71. The van der Waals surface area contributed by atoms with Crippen LogP contribution in [0, 0.1) is 0 Å². The van der Waals surface area contributed by atoms with Crippen LogP contribution in [0.3, 0.4) is 0 Å². The van der Waals surface area contributed by atoms with Crippen molar-refractivity contribution in [3.63, 3.8) is 0 Å². The van der Waals surface area contributed by atoms with E-state index in [0.29, 0.717) is 6.42 Å². The van der Waals surface area contributed by atoms with Crippen molar-refractivity contribution in [2.24, 2.45) is 0 Å². The summed E-state index contributed by atoms with van der Waals surface area (Å²) in [6.45, 7) is 0. The fourth-order valence-corrected chi connectivity index (χ4v) is 1.15. The molecule has 1 aromatic heterocycles. The minimum atomic E-state index is -0.901. The van der Waals surface area contributed by atoms with Gasteiger partial charge in [-0.2, -0.15) is 0 Å². The van der Waals surface area contributed by atoms with Gasteiger partial charge < -0.3 is 10.1 Å². The maximum atomic E-state index is 10.5. The average Bonchev–Trinajstić information content (AvgIpc) is 2.51. The van der Waals surface area contributed by atoms with Crippen molar-refractivity contribution < 1.29 is 9.90 Å². The van der Waals surface area contributed by atoms with Crippen molar-refractivity contribution in [2.45, 2.75) is 12.5 Å². The lowest BCUT2D eigenvalue weighted by molar-refractivity contribution is -0.138. The van der Waals surface area contributed by atoms with E-state index in [1.807, 2.05) is 0 Å². The molecule has 12 heavy (non-hydrogen) atoms. The number of nitrogens with zero attached hydrogens (tertiary/aromatic N) is 1. The first kappa shape index (κ1) is 9.21. The second-order valence-corrected chi connectivity index (χ2v) is 2.74. The molecule has 0 saturated carbocycles. The monoisotopic (exact) mass is 233 g/mol. The Kier molecular flexibility index (Phi) is 3.24. The lowest BCUT2D eigenvalue weighted by Gasteiger charge is -2.06. The van der Waals surface area contributed by atoms with Crippen molar-refractivity contribution in [1.29, 1.82) is 0 Å². The van der Waals surface area contributed by atoms with E-state index in [4.69, 9.17) is 5.11 Å². The molecule has 1 aromatic rings. The van der Waals surface area contributed by atoms with Gasteiger partial charge in [0.2, 0.25) is 0 Å². The van der Waals surface area contributed by atoms with Crippen LogP contribution in [0.5, 0.6) is 0 Å². The molecule has 0 fully saturated rings. The number of halogens is 1.